The van der Waals surface area contributed by atoms with Gasteiger partial charge in [0.15, 0.2) is 0 Å². The van der Waals surface area contributed by atoms with Crippen molar-refractivity contribution in [2.75, 3.05) is 26.2 Å². The standard InChI is InChI=1S/C23H32FN3O2/c1-17(2)27-20(23(22(27)29)10-6-3-7-11-23)21(28)26-14-12-25(13-15-26)16-18-8-4-5-9-19(18)24/h4-5,8-9,17,20H,3,6-7,10-16H2,1-2H3. The second-order valence-electron chi connectivity index (χ2n) is 9.12. The summed E-state index contributed by atoms with van der Waals surface area (Å²) < 4.78 is 13.9. The van der Waals surface area contributed by atoms with Gasteiger partial charge in [0.2, 0.25) is 11.8 Å². The van der Waals surface area contributed by atoms with Gasteiger partial charge in [-0.3, -0.25) is 14.5 Å². The second kappa shape index (κ2) is 8.05. The maximum absolute atomic E-state index is 13.9. The van der Waals surface area contributed by atoms with Gasteiger partial charge in [-0.25, -0.2) is 4.39 Å². The lowest BCUT2D eigenvalue weighted by Crippen LogP contribution is -2.75. The molecule has 1 atom stereocenters. The molecular formula is C23H32FN3O2. The van der Waals surface area contributed by atoms with Gasteiger partial charge in [0, 0.05) is 44.3 Å². The van der Waals surface area contributed by atoms with Gasteiger partial charge in [-0.15, -0.1) is 0 Å². The van der Waals surface area contributed by atoms with Crippen LogP contribution in [0.25, 0.3) is 0 Å². The van der Waals surface area contributed by atoms with Crippen LogP contribution in [0.4, 0.5) is 4.39 Å². The van der Waals surface area contributed by atoms with E-state index in [-0.39, 0.29) is 29.7 Å². The molecule has 6 heteroatoms. The average Bonchev–Trinajstić information content (AvgIpc) is 2.73. The van der Waals surface area contributed by atoms with E-state index in [9.17, 15) is 14.0 Å². The van der Waals surface area contributed by atoms with E-state index in [1.165, 1.54) is 6.07 Å². The van der Waals surface area contributed by atoms with Crippen molar-refractivity contribution in [2.45, 2.75) is 64.6 Å². The molecule has 158 valence electrons. The summed E-state index contributed by atoms with van der Waals surface area (Å²) in [6.45, 7) is 7.31. The van der Waals surface area contributed by atoms with Crippen LogP contribution >= 0.6 is 0 Å². The Kier molecular flexibility index (Phi) is 5.65. The molecule has 5 nitrogen and oxygen atoms in total. The third kappa shape index (κ3) is 3.56. The van der Waals surface area contributed by atoms with E-state index in [0.29, 0.717) is 25.2 Å². The predicted molar refractivity (Wildman–Crippen MR) is 110 cm³/mol. The van der Waals surface area contributed by atoms with Crippen LogP contribution in [0.15, 0.2) is 24.3 Å². The summed E-state index contributed by atoms with van der Waals surface area (Å²) in [6.07, 6.45) is 4.93. The molecule has 0 N–H and O–H groups in total. The molecule has 4 rings (SSSR count). The number of halogens is 1. The summed E-state index contributed by atoms with van der Waals surface area (Å²) in [5.74, 6) is 0.125. The smallest absolute Gasteiger partial charge is 0.246 e. The average molecular weight is 402 g/mol. The van der Waals surface area contributed by atoms with Crippen LogP contribution in [-0.2, 0) is 16.1 Å². The Hall–Kier alpha value is -1.95. The Morgan fingerprint density at radius 3 is 2.38 bits per heavy atom. The molecule has 3 fully saturated rings. The van der Waals surface area contributed by atoms with Crippen molar-refractivity contribution in [3.63, 3.8) is 0 Å². The highest BCUT2D eigenvalue weighted by molar-refractivity contribution is 6.02. The zero-order valence-electron chi connectivity index (χ0n) is 17.6. The number of benzene rings is 1. The zero-order chi connectivity index (χ0) is 20.6. The van der Waals surface area contributed by atoms with Crippen LogP contribution in [0, 0.1) is 11.2 Å². The molecule has 2 saturated heterocycles. The molecule has 1 unspecified atom stereocenters. The highest BCUT2D eigenvalue weighted by atomic mass is 19.1. The van der Waals surface area contributed by atoms with Gasteiger partial charge in [0.1, 0.15) is 11.9 Å². The van der Waals surface area contributed by atoms with E-state index >= 15 is 0 Å². The molecule has 2 heterocycles. The Labute approximate surface area is 172 Å². The molecule has 1 aromatic rings. The van der Waals surface area contributed by atoms with Gasteiger partial charge in [0.25, 0.3) is 0 Å². The van der Waals surface area contributed by atoms with Crippen LogP contribution in [0.5, 0.6) is 0 Å². The van der Waals surface area contributed by atoms with Crippen LogP contribution in [0.3, 0.4) is 0 Å². The van der Waals surface area contributed by atoms with Gasteiger partial charge < -0.3 is 9.80 Å². The Morgan fingerprint density at radius 2 is 1.76 bits per heavy atom. The van der Waals surface area contributed by atoms with Gasteiger partial charge in [-0.05, 0) is 32.8 Å². The lowest BCUT2D eigenvalue weighted by molar-refractivity contribution is -0.190. The highest BCUT2D eigenvalue weighted by Gasteiger charge is 2.64. The minimum atomic E-state index is -0.454. The number of rotatable bonds is 4. The lowest BCUT2D eigenvalue weighted by Gasteiger charge is -2.59. The number of likely N-dealkylation sites (tertiary alicyclic amines) is 1. The van der Waals surface area contributed by atoms with Crippen molar-refractivity contribution in [2.24, 2.45) is 5.41 Å². The fourth-order valence-corrected chi connectivity index (χ4v) is 5.42. The quantitative estimate of drug-likeness (QED) is 0.729. The largest absolute Gasteiger partial charge is 0.338 e. The molecule has 0 bridgehead atoms. The van der Waals surface area contributed by atoms with Crippen molar-refractivity contribution >= 4 is 11.8 Å². The first kappa shape index (κ1) is 20.3. The molecule has 2 amide bonds. The lowest BCUT2D eigenvalue weighted by atomic mass is 9.61. The van der Waals surface area contributed by atoms with E-state index in [0.717, 1.165) is 45.2 Å². The number of hydrogen-bond acceptors (Lipinski definition) is 3. The van der Waals surface area contributed by atoms with Gasteiger partial charge in [0.05, 0.1) is 5.41 Å². The summed E-state index contributed by atoms with van der Waals surface area (Å²) in [5.41, 5.74) is 0.244. The predicted octanol–water partition coefficient (Wildman–Crippen LogP) is 3.04. The normalized spacial score (nSPS) is 24.8. The maximum Gasteiger partial charge on any atom is 0.246 e. The number of amides is 2. The molecule has 3 aliphatic rings. The molecule has 1 saturated carbocycles. The summed E-state index contributed by atoms with van der Waals surface area (Å²) in [6, 6.07) is 6.62. The highest BCUT2D eigenvalue weighted by Crippen LogP contribution is 2.51. The fourth-order valence-electron chi connectivity index (χ4n) is 5.42. The van der Waals surface area contributed by atoms with Gasteiger partial charge >= 0.3 is 0 Å². The van der Waals surface area contributed by atoms with Crippen molar-refractivity contribution in [1.29, 1.82) is 0 Å². The number of nitrogens with zero attached hydrogens (tertiary/aromatic N) is 3. The minimum absolute atomic E-state index is 0.0475. The minimum Gasteiger partial charge on any atom is -0.338 e. The first-order valence-electron chi connectivity index (χ1n) is 11.0. The zero-order valence-corrected chi connectivity index (χ0v) is 17.6. The van der Waals surface area contributed by atoms with Crippen LogP contribution in [0.2, 0.25) is 0 Å². The van der Waals surface area contributed by atoms with Crippen molar-refractivity contribution in [3.8, 4) is 0 Å². The van der Waals surface area contributed by atoms with Crippen molar-refractivity contribution < 1.29 is 14.0 Å². The third-order valence-corrected chi connectivity index (χ3v) is 7.03. The first-order chi connectivity index (χ1) is 13.9. The Balaban J connectivity index is 1.41. The Bertz CT molecular complexity index is 767. The van der Waals surface area contributed by atoms with Crippen molar-refractivity contribution in [3.05, 3.63) is 35.6 Å². The summed E-state index contributed by atoms with van der Waals surface area (Å²) >= 11 is 0. The van der Waals surface area contributed by atoms with Crippen molar-refractivity contribution in [1.82, 2.24) is 14.7 Å². The van der Waals surface area contributed by atoms with Crippen LogP contribution < -0.4 is 0 Å². The Morgan fingerprint density at radius 1 is 1.10 bits per heavy atom. The van der Waals surface area contributed by atoms with E-state index in [2.05, 4.69) is 4.90 Å². The second-order valence-corrected chi connectivity index (χ2v) is 9.12. The summed E-state index contributed by atoms with van der Waals surface area (Å²) in [4.78, 5) is 32.4. The molecular weight excluding hydrogens is 369 g/mol. The number of hydrogen-bond donors (Lipinski definition) is 0. The van der Waals surface area contributed by atoms with Gasteiger partial charge in [-0.1, -0.05) is 37.5 Å². The molecule has 1 aliphatic carbocycles. The van der Waals surface area contributed by atoms with E-state index < -0.39 is 5.41 Å². The summed E-state index contributed by atoms with van der Waals surface area (Å²) in [5, 5.41) is 0. The molecule has 1 aromatic carbocycles. The summed E-state index contributed by atoms with van der Waals surface area (Å²) in [7, 11) is 0. The fraction of sp³-hybridized carbons (Fsp3) is 0.652. The molecule has 0 aromatic heterocycles. The number of carbonyl (C=O) groups excluding carboxylic acids is 2. The SMILES string of the molecule is CC(C)N1C(=O)C2(CCCCC2)C1C(=O)N1CCN(Cc2ccccc2F)CC1. The monoisotopic (exact) mass is 401 g/mol. The topological polar surface area (TPSA) is 43.9 Å². The first-order valence-corrected chi connectivity index (χ1v) is 11.0. The van der Waals surface area contributed by atoms with E-state index in [1.807, 2.05) is 35.8 Å². The third-order valence-electron chi connectivity index (χ3n) is 7.03. The number of carbonyl (C=O) groups is 2. The van der Waals surface area contributed by atoms with Crippen LogP contribution in [0.1, 0.15) is 51.5 Å². The number of β-lactam (4-membered cyclic amide) rings is 1. The van der Waals surface area contributed by atoms with E-state index in [4.69, 9.17) is 0 Å². The molecule has 29 heavy (non-hydrogen) atoms. The molecule has 2 aliphatic heterocycles. The van der Waals surface area contributed by atoms with E-state index in [1.54, 1.807) is 6.07 Å². The van der Waals surface area contributed by atoms with Gasteiger partial charge in [-0.2, -0.15) is 0 Å². The number of piperazine rings is 1. The molecule has 1 spiro atoms. The molecule has 0 radical (unpaired) electrons. The van der Waals surface area contributed by atoms with Crippen LogP contribution in [-0.4, -0.2) is 64.8 Å². The maximum atomic E-state index is 13.9.